The maximum atomic E-state index is 5.75. The van der Waals surface area contributed by atoms with Crippen molar-refractivity contribution in [3.05, 3.63) is 30.5 Å². The molecular formula is C18H27N7O. The van der Waals surface area contributed by atoms with Crippen LogP contribution < -0.4 is 15.1 Å². The molecule has 2 N–H and O–H groups in total. The van der Waals surface area contributed by atoms with Gasteiger partial charge in [-0.15, -0.1) is 0 Å². The van der Waals surface area contributed by atoms with Crippen LogP contribution in [0.4, 0.5) is 11.8 Å². The minimum absolute atomic E-state index is 0.162. The second kappa shape index (κ2) is 7.20. The Morgan fingerprint density at radius 1 is 1.23 bits per heavy atom. The van der Waals surface area contributed by atoms with E-state index < -0.39 is 0 Å². The Labute approximate surface area is 154 Å². The van der Waals surface area contributed by atoms with Crippen molar-refractivity contribution in [3.63, 3.8) is 0 Å². The van der Waals surface area contributed by atoms with Crippen LogP contribution in [0.3, 0.4) is 0 Å². The lowest BCUT2D eigenvalue weighted by atomic mass is 9.79. The molecule has 2 aromatic heterocycles. The number of aromatic amines is 1. The molecule has 1 aliphatic carbocycles. The number of aromatic nitrogens is 4. The molecule has 1 saturated carbocycles. The van der Waals surface area contributed by atoms with Gasteiger partial charge in [0, 0.05) is 64.8 Å². The summed E-state index contributed by atoms with van der Waals surface area (Å²) in [6.07, 6.45) is 7.96. The van der Waals surface area contributed by atoms with E-state index in [1.165, 1.54) is 0 Å². The fourth-order valence-corrected chi connectivity index (χ4v) is 3.87. The summed E-state index contributed by atoms with van der Waals surface area (Å²) >= 11 is 0. The van der Waals surface area contributed by atoms with Crippen LogP contribution >= 0.6 is 0 Å². The number of hydrogen-bond acceptors (Lipinski definition) is 7. The molecular weight excluding hydrogens is 330 g/mol. The summed E-state index contributed by atoms with van der Waals surface area (Å²) in [5.74, 6) is 3.34. The maximum absolute atomic E-state index is 5.75. The highest BCUT2D eigenvalue weighted by Gasteiger charge is 2.39. The van der Waals surface area contributed by atoms with Gasteiger partial charge in [0.25, 0.3) is 0 Å². The number of methoxy groups -OCH3 is 1. The number of hydrogen-bond donors (Lipinski definition) is 2. The van der Waals surface area contributed by atoms with Crippen molar-refractivity contribution in [1.29, 1.82) is 0 Å². The molecule has 0 aromatic carbocycles. The van der Waals surface area contributed by atoms with Crippen LogP contribution in [0.5, 0.6) is 0 Å². The molecule has 26 heavy (non-hydrogen) atoms. The van der Waals surface area contributed by atoms with Crippen LogP contribution in [0.25, 0.3) is 0 Å². The quantitative estimate of drug-likeness (QED) is 0.798. The molecule has 2 aromatic rings. The van der Waals surface area contributed by atoms with Gasteiger partial charge in [-0.3, -0.25) is 0 Å². The summed E-state index contributed by atoms with van der Waals surface area (Å²) in [5, 5.41) is 3.78. The summed E-state index contributed by atoms with van der Waals surface area (Å²) in [5.41, 5.74) is 0. The first-order valence-electron chi connectivity index (χ1n) is 9.17. The predicted octanol–water partition coefficient (Wildman–Crippen LogP) is 1.01. The van der Waals surface area contributed by atoms with Gasteiger partial charge in [-0.2, -0.15) is 4.98 Å². The van der Waals surface area contributed by atoms with Crippen LogP contribution in [0, 0.1) is 0 Å². The highest BCUT2D eigenvalue weighted by molar-refractivity contribution is 5.45. The van der Waals surface area contributed by atoms with Crippen LogP contribution in [0.2, 0.25) is 0 Å². The van der Waals surface area contributed by atoms with Crippen molar-refractivity contribution in [2.45, 2.75) is 36.9 Å². The largest absolute Gasteiger partial charge is 0.378 e. The summed E-state index contributed by atoms with van der Waals surface area (Å²) < 4.78 is 5.75. The van der Waals surface area contributed by atoms with Crippen LogP contribution in [0.1, 0.15) is 24.6 Å². The van der Waals surface area contributed by atoms with Gasteiger partial charge < -0.3 is 24.8 Å². The summed E-state index contributed by atoms with van der Waals surface area (Å²) in [4.78, 5) is 20.8. The molecule has 8 heteroatoms. The molecule has 8 nitrogen and oxygen atoms in total. The second-order valence-corrected chi connectivity index (χ2v) is 7.40. The predicted molar refractivity (Wildman–Crippen MR) is 101 cm³/mol. The van der Waals surface area contributed by atoms with E-state index in [1.807, 2.05) is 43.7 Å². The van der Waals surface area contributed by atoms with E-state index in [9.17, 15) is 0 Å². The second-order valence-electron chi connectivity index (χ2n) is 7.40. The minimum atomic E-state index is 0.162. The molecule has 3 heterocycles. The van der Waals surface area contributed by atoms with Gasteiger partial charge in [-0.25, -0.2) is 9.97 Å². The molecule has 140 valence electrons. The lowest BCUT2D eigenvalue weighted by Crippen LogP contribution is -2.50. The Balaban J connectivity index is 1.36. The van der Waals surface area contributed by atoms with Gasteiger partial charge >= 0.3 is 0 Å². The van der Waals surface area contributed by atoms with E-state index in [2.05, 4.69) is 30.2 Å². The fourth-order valence-electron chi connectivity index (χ4n) is 3.87. The number of anilines is 2. The maximum Gasteiger partial charge on any atom is 0.226 e. The molecule has 0 radical (unpaired) electrons. The summed E-state index contributed by atoms with van der Waals surface area (Å²) in [6.45, 7) is 1.73. The van der Waals surface area contributed by atoms with Gasteiger partial charge in [-0.1, -0.05) is 0 Å². The molecule has 2 fully saturated rings. The van der Waals surface area contributed by atoms with Crippen molar-refractivity contribution in [1.82, 2.24) is 25.3 Å². The van der Waals surface area contributed by atoms with Crippen LogP contribution in [0.15, 0.2) is 24.7 Å². The number of ether oxygens (including phenoxy) is 1. The van der Waals surface area contributed by atoms with Crippen molar-refractivity contribution in [2.75, 3.05) is 44.1 Å². The standard InChI is InChI=1S/C18H27N7O/c1-24(2)18-21-5-4-16(23-18)25-10-14(15(11-25)26-3)22-13-8-12(9-13)17-19-6-7-20-17/h4-7,12-15,22H,8-11H2,1-3H3,(H,19,20)/t12?,13?,14-,15+/m0/s1. The van der Waals surface area contributed by atoms with Gasteiger partial charge in [-0.05, 0) is 18.9 Å². The first kappa shape index (κ1) is 17.2. The molecule has 4 rings (SSSR count). The Bertz CT molecular complexity index is 714. The van der Waals surface area contributed by atoms with E-state index in [-0.39, 0.29) is 6.10 Å². The van der Waals surface area contributed by atoms with Crippen molar-refractivity contribution >= 4 is 11.8 Å². The summed E-state index contributed by atoms with van der Waals surface area (Å²) in [7, 11) is 5.70. The highest BCUT2D eigenvalue weighted by atomic mass is 16.5. The van der Waals surface area contributed by atoms with Crippen molar-refractivity contribution < 1.29 is 4.74 Å². The number of H-pyrrole nitrogens is 1. The molecule has 0 bridgehead atoms. The lowest BCUT2D eigenvalue weighted by molar-refractivity contribution is 0.0858. The third-order valence-electron chi connectivity index (χ3n) is 5.42. The lowest BCUT2D eigenvalue weighted by Gasteiger charge is -2.37. The van der Waals surface area contributed by atoms with Gasteiger partial charge in [0.15, 0.2) is 0 Å². The molecule has 0 spiro atoms. The SMILES string of the molecule is CO[C@@H]1CN(c2ccnc(N(C)C)n2)C[C@@H]1NC1CC(c2ncc[nH]2)C1. The number of nitrogens with zero attached hydrogens (tertiary/aromatic N) is 5. The van der Waals surface area contributed by atoms with E-state index in [0.29, 0.717) is 18.0 Å². The smallest absolute Gasteiger partial charge is 0.226 e. The van der Waals surface area contributed by atoms with Gasteiger partial charge in [0.2, 0.25) is 5.95 Å². The zero-order valence-electron chi connectivity index (χ0n) is 15.6. The van der Waals surface area contributed by atoms with Crippen molar-refractivity contribution in [3.8, 4) is 0 Å². The monoisotopic (exact) mass is 357 g/mol. The number of rotatable bonds is 6. The highest BCUT2D eigenvalue weighted by Crippen LogP contribution is 2.35. The Kier molecular flexibility index (Phi) is 4.78. The van der Waals surface area contributed by atoms with Gasteiger partial charge in [0.05, 0.1) is 12.1 Å². The minimum Gasteiger partial charge on any atom is -0.378 e. The zero-order valence-corrected chi connectivity index (χ0v) is 15.6. The van der Waals surface area contributed by atoms with Crippen LogP contribution in [-0.2, 0) is 4.74 Å². The number of nitrogens with one attached hydrogen (secondary N) is 2. The molecule has 1 saturated heterocycles. The topological polar surface area (TPSA) is 82.2 Å². The molecule has 2 atom stereocenters. The third-order valence-corrected chi connectivity index (χ3v) is 5.42. The van der Waals surface area contributed by atoms with E-state index >= 15 is 0 Å². The third kappa shape index (κ3) is 3.39. The normalized spacial score (nSPS) is 28.2. The summed E-state index contributed by atoms with van der Waals surface area (Å²) in [6, 6.07) is 2.80. The van der Waals surface area contributed by atoms with E-state index in [0.717, 1.165) is 43.5 Å². The van der Waals surface area contributed by atoms with Crippen LogP contribution in [-0.4, -0.2) is 72.4 Å². The van der Waals surface area contributed by atoms with E-state index in [4.69, 9.17) is 4.74 Å². The molecule has 1 aliphatic heterocycles. The number of imidazole rings is 1. The average Bonchev–Trinajstić information content (AvgIpc) is 3.27. The fraction of sp³-hybridized carbons (Fsp3) is 0.611. The molecule has 0 amide bonds. The van der Waals surface area contributed by atoms with Crippen molar-refractivity contribution in [2.24, 2.45) is 0 Å². The Morgan fingerprint density at radius 2 is 2.08 bits per heavy atom. The molecule has 2 aliphatic rings. The average molecular weight is 357 g/mol. The zero-order chi connectivity index (χ0) is 18.1. The first-order chi connectivity index (χ1) is 12.6. The molecule has 0 unspecified atom stereocenters. The van der Waals surface area contributed by atoms with Gasteiger partial charge in [0.1, 0.15) is 11.6 Å². The Morgan fingerprint density at radius 3 is 2.77 bits per heavy atom. The van der Waals surface area contributed by atoms with E-state index in [1.54, 1.807) is 7.11 Å². The Hall–Kier alpha value is -2.19. The first-order valence-corrected chi connectivity index (χ1v) is 9.17.